The van der Waals surface area contributed by atoms with Crippen molar-refractivity contribution >= 4 is 5.91 Å². The second-order valence-corrected chi connectivity index (χ2v) is 5.66. The van der Waals surface area contributed by atoms with Crippen molar-refractivity contribution in [1.29, 1.82) is 0 Å². The van der Waals surface area contributed by atoms with Crippen molar-refractivity contribution < 1.29 is 13.9 Å². The quantitative estimate of drug-likeness (QED) is 0.759. The summed E-state index contributed by atoms with van der Waals surface area (Å²) >= 11 is 0. The maximum atomic E-state index is 12.7. The van der Waals surface area contributed by atoms with E-state index in [4.69, 9.17) is 9.15 Å². The Labute approximate surface area is 106 Å². The topological polar surface area (TPSA) is 42.7 Å². The van der Waals surface area contributed by atoms with Gasteiger partial charge in [-0.05, 0) is 37.7 Å². The zero-order valence-electron chi connectivity index (χ0n) is 10.4. The molecule has 3 aliphatic rings. The van der Waals surface area contributed by atoms with Crippen molar-refractivity contribution in [3.8, 4) is 0 Å². The maximum absolute atomic E-state index is 12.7. The molecule has 1 aromatic rings. The molecule has 0 aromatic carbocycles. The van der Waals surface area contributed by atoms with Gasteiger partial charge in [-0.1, -0.05) is 0 Å². The number of hydrogen-bond acceptors (Lipinski definition) is 3. The molecule has 1 amide bonds. The molecule has 0 bridgehead atoms. The van der Waals surface area contributed by atoms with Gasteiger partial charge in [-0.25, -0.2) is 0 Å². The third-order valence-corrected chi connectivity index (χ3v) is 4.52. The fraction of sp³-hybridized carbons (Fsp3) is 0.643. The molecule has 1 saturated carbocycles. The molecular formula is C14H17NO3. The second kappa shape index (κ2) is 3.60. The largest absolute Gasteiger partial charge is 0.459 e. The van der Waals surface area contributed by atoms with E-state index >= 15 is 0 Å². The Morgan fingerprint density at radius 3 is 3.06 bits per heavy atom. The van der Waals surface area contributed by atoms with Gasteiger partial charge in [0, 0.05) is 12.1 Å². The fourth-order valence-electron chi connectivity index (χ4n) is 3.27. The van der Waals surface area contributed by atoms with Gasteiger partial charge in [0.05, 0.1) is 25.0 Å². The first-order chi connectivity index (χ1) is 8.80. The highest BCUT2D eigenvalue weighted by molar-refractivity contribution is 5.94. The molecule has 2 fully saturated rings. The summed E-state index contributed by atoms with van der Waals surface area (Å²) in [6, 6.07) is 0. The van der Waals surface area contributed by atoms with Gasteiger partial charge in [0.1, 0.15) is 0 Å². The van der Waals surface area contributed by atoms with Gasteiger partial charge in [-0.2, -0.15) is 0 Å². The summed E-state index contributed by atoms with van der Waals surface area (Å²) in [6.45, 7) is 2.05. The van der Waals surface area contributed by atoms with Crippen LogP contribution in [0.2, 0.25) is 0 Å². The molecule has 0 radical (unpaired) electrons. The Balaban J connectivity index is 1.66. The number of carbonyl (C=O) groups excluding carboxylic acids is 1. The molecule has 1 spiro atoms. The molecule has 1 saturated heterocycles. The van der Waals surface area contributed by atoms with Crippen LogP contribution in [0.5, 0.6) is 0 Å². The van der Waals surface area contributed by atoms with Crippen LogP contribution in [-0.4, -0.2) is 36.1 Å². The smallest absolute Gasteiger partial charge is 0.290 e. The van der Waals surface area contributed by atoms with Gasteiger partial charge in [0.15, 0.2) is 5.76 Å². The van der Waals surface area contributed by atoms with Crippen molar-refractivity contribution in [2.75, 3.05) is 19.8 Å². The van der Waals surface area contributed by atoms with Gasteiger partial charge < -0.3 is 14.1 Å². The van der Waals surface area contributed by atoms with Gasteiger partial charge in [0.2, 0.25) is 0 Å². The van der Waals surface area contributed by atoms with Crippen LogP contribution in [0.4, 0.5) is 0 Å². The van der Waals surface area contributed by atoms with E-state index in [1.54, 1.807) is 6.26 Å². The predicted molar refractivity (Wildman–Crippen MR) is 64.6 cm³/mol. The molecule has 0 unspecified atom stereocenters. The number of ether oxygens (including phenoxy) is 1. The molecule has 0 N–H and O–H groups in total. The standard InChI is InChI=1S/C14H17NO3/c16-13(12-11-3-1-2-10(11)8-18-12)15-6-7-17-9-14(15)4-5-14/h8H,1-7,9H2. The van der Waals surface area contributed by atoms with E-state index in [0.717, 1.165) is 37.7 Å². The molecule has 4 nitrogen and oxygen atoms in total. The first kappa shape index (κ1) is 10.6. The summed E-state index contributed by atoms with van der Waals surface area (Å²) in [7, 11) is 0. The SMILES string of the molecule is O=C(c1occ2c1CCC2)N1CCOCC12CC2. The van der Waals surface area contributed by atoms with Crippen molar-refractivity contribution in [2.24, 2.45) is 0 Å². The third-order valence-electron chi connectivity index (χ3n) is 4.52. The minimum Gasteiger partial charge on any atom is -0.459 e. The zero-order chi connectivity index (χ0) is 12.2. The van der Waals surface area contributed by atoms with Gasteiger partial charge >= 0.3 is 0 Å². The number of fused-ring (bicyclic) bond motifs is 1. The molecule has 4 rings (SSSR count). The van der Waals surface area contributed by atoms with Crippen LogP contribution in [0.15, 0.2) is 10.7 Å². The molecule has 96 valence electrons. The van der Waals surface area contributed by atoms with E-state index < -0.39 is 0 Å². The zero-order valence-corrected chi connectivity index (χ0v) is 10.4. The summed E-state index contributed by atoms with van der Waals surface area (Å²) in [5, 5.41) is 0. The lowest BCUT2D eigenvalue weighted by Crippen LogP contribution is -2.50. The summed E-state index contributed by atoms with van der Waals surface area (Å²) < 4.78 is 11.1. The predicted octanol–water partition coefficient (Wildman–Crippen LogP) is 1.77. The minimum atomic E-state index is -0.00634. The Kier molecular flexibility index (Phi) is 2.13. The number of nitrogens with zero attached hydrogens (tertiary/aromatic N) is 1. The second-order valence-electron chi connectivity index (χ2n) is 5.66. The van der Waals surface area contributed by atoms with Crippen molar-refractivity contribution in [1.82, 2.24) is 4.90 Å². The number of hydrogen-bond donors (Lipinski definition) is 0. The van der Waals surface area contributed by atoms with E-state index in [1.165, 1.54) is 5.56 Å². The number of aryl methyl sites for hydroxylation is 1. The van der Waals surface area contributed by atoms with E-state index in [1.807, 2.05) is 4.90 Å². The van der Waals surface area contributed by atoms with E-state index in [-0.39, 0.29) is 11.4 Å². The lowest BCUT2D eigenvalue weighted by Gasteiger charge is -2.35. The summed E-state index contributed by atoms with van der Waals surface area (Å²) in [6.07, 6.45) is 7.11. The average Bonchev–Trinajstić information content (AvgIpc) is 2.85. The summed E-state index contributed by atoms with van der Waals surface area (Å²) in [5.74, 6) is 0.676. The molecule has 4 heteroatoms. The highest BCUT2D eigenvalue weighted by atomic mass is 16.5. The van der Waals surface area contributed by atoms with Gasteiger partial charge in [-0.3, -0.25) is 4.79 Å². The van der Waals surface area contributed by atoms with Crippen LogP contribution in [0.3, 0.4) is 0 Å². The number of carbonyl (C=O) groups is 1. The summed E-state index contributed by atoms with van der Waals surface area (Å²) in [4.78, 5) is 14.6. The van der Waals surface area contributed by atoms with E-state index in [9.17, 15) is 4.79 Å². The van der Waals surface area contributed by atoms with Crippen LogP contribution in [0.1, 0.15) is 40.9 Å². The van der Waals surface area contributed by atoms with Crippen LogP contribution in [0, 0.1) is 0 Å². The minimum absolute atomic E-state index is 0.00634. The highest BCUT2D eigenvalue weighted by Gasteiger charge is 2.52. The van der Waals surface area contributed by atoms with Crippen LogP contribution in [-0.2, 0) is 17.6 Å². The molecule has 1 aromatic heterocycles. The molecule has 2 aliphatic carbocycles. The molecule has 18 heavy (non-hydrogen) atoms. The van der Waals surface area contributed by atoms with E-state index in [2.05, 4.69) is 0 Å². The fourth-order valence-corrected chi connectivity index (χ4v) is 3.27. The third kappa shape index (κ3) is 1.38. The number of rotatable bonds is 1. The van der Waals surface area contributed by atoms with Crippen molar-refractivity contribution in [2.45, 2.75) is 37.6 Å². The van der Waals surface area contributed by atoms with Crippen molar-refractivity contribution in [3.63, 3.8) is 0 Å². The van der Waals surface area contributed by atoms with Gasteiger partial charge in [0.25, 0.3) is 5.91 Å². The monoisotopic (exact) mass is 247 g/mol. The van der Waals surface area contributed by atoms with Crippen LogP contribution in [0.25, 0.3) is 0 Å². The first-order valence-electron chi connectivity index (χ1n) is 6.79. The maximum Gasteiger partial charge on any atom is 0.290 e. The first-order valence-corrected chi connectivity index (χ1v) is 6.79. The molecule has 0 atom stereocenters. The number of amides is 1. The van der Waals surface area contributed by atoms with Gasteiger partial charge in [-0.15, -0.1) is 0 Å². The normalized spacial score (nSPS) is 24.3. The van der Waals surface area contributed by atoms with Crippen molar-refractivity contribution in [3.05, 3.63) is 23.2 Å². The highest BCUT2D eigenvalue weighted by Crippen LogP contribution is 2.44. The molecule has 2 heterocycles. The summed E-state index contributed by atoms with van der Waals surface area (Å²) in [5.41, 5.74) is 2.38. The van der Waals surface area contributed by atoms with E-state index in [0.29, 0.717) is 25.5 Å². The molecular weight excluding hydrogens is 230 g/mol. The lowest BCUT2D eigenvalue weighted by molar-refractivity contribution is -0.0133. The Morgan fingerprint density at radius 1 is 1.33 bits per heavy atom. The Bertz CT molecular complexity index is 501. The number of morpholine rings is 1. The van der Waals surface area contributed by atoms with Crippen LogP contribution >= 0.6 is 0 Å². The van der Waals surface area contributed by atoms with Crippen LogP contribution < -0.4 is 0 Å². The Morgan fingerprint density at radius 2 is 2.22 bits per heavy atom. The Hall–Kier alpha value is -1.29. The average molecular weight is 247 g/mol. The molecule has 1 aliphatic heterocycles. The lowest BCUT2D eigenvalue weighted by atomic mass is 10.1. The number of furan rings is 1.